The van der Waals surface area contributed by atoms with Gasteiger partial charge in [0.05, 0.1) is 22.9 Å². The lowest BCUT2D eigenvalue weighted by Gasteiger charge is -2.22. The van der Waals surface area contributed by atoms with Gasteiger partial charge in [0.2, 0.25) is 0 Å². The van der Waals surface area contributed by atoms with Crippen molar-refractivity contribution in [2.45, 2.75) is 0 Å². The number of carbonyl (C=O) groups is 1. The molecule has 1 heterocycles. The lowest BCUT2D eigenvalue weighted by atomic mass is 10.1. The van der Waals surface area contributed by atoms with Crippen LogP contribution >= 0.6 is 39.7 Å². The fourth-order valence-corrected chi connectivity index (χ4v) is 4.09. The first-order valence-electron chi connectivity index (χ1n) is 8.15. The largest absolute Gasteiger partial charge is 0.496 e. The maximum atomic E-state index is 13.3. The van der Waals surface area contributed by atoms with Gasteiger partial charge < -0.3 is 9.64 Å². The Balaban J connectivity index is 0.00000261. The molecule has 0 saturated heterocycles. The minimum absolute atomic E-state index is 0. The SMILES string of the molecule is COc1ccccc1C(=O)N(CCN(C)C)c1nc2ccc(Br)cc2s1.Cl. The van der Waals surface area contributed by atoms with E-state index in [2.05, 4.69) is 20.9 Å². The number of nitrogens with zero attached hydrogens (tertiary/aromatic N) is 3. The van der Waals surface area contributed by atoms with E-state index in [0.717, 1.165) is 21.2 Å². The van der Waals surface area contributed by atoms with Crippen LogP contribution in [0.1, 0.15) is 10.4 Å². The summed E-state index contributed by atoms with van der Waals surface area (Å²) in [5.74, 6) is 0.457. The molecule has 0 radical (unpaired) electrons. The standard InChI is InChI=1S/C19H20BrN3O2S.ClH/c1-22(2)10-11-23(18(24)14-6-4-5-7-16(14)25-3)19-21-15-9-8-13(20)12-17(15)26-19;/h4-9,12H,10-11H2,1-3H3;1H. The second kappa shape index (κ2) is 9.50. The van der Waals surface area contributed by atoms with E-state index in [9.17, 15) is 4.79 Å². The number of thiazole rings is 1. The highest BCUT2D eigenvalue weighted by Gasteiger charge is 2.23. The van der Waals surface area contributed by atoms with Gasteiger partial charge >= 0.3 is 0 Å². The van der Waals surface area contributed by atoms with Crippen LogP contribution in [0.15, 0.2) is 46.9 Å². The summed E-state index contributed by atoms with van der Waals surface area (Å²) in [5.41, 5.74) is 1.42. The van der Waals surface area contributed by atoms with Crippen LogP contribution in [0.25, 0.3) is 10.2 Å². The summed E-state index contributed by atoms with van der Waals surface area (Å²) in [6, 6.07) is 13.2. The van der Waals surface area contributed by atoms with Crippen molar-refractivity contribution in [1.29, 1.82) is 0 Å². The number of halogens is 2. The number of aromatic nitrogens is 1. The number of ether oxygens (including phenoxy) is 1. The Morgan fingerprint density at radius 1 is 1.19 bits per heavy atom. The molecule has 0 aliphatic carbocycles. The molecule has 0 spiro atoms. The van der Waals surface area contributed by atoms with Crippen molar-refractivity contribution in [3.05, 3.63) is 52.5 Å². The molecular weight excluding hydrogens is 450 g/mol. The van der Waals surface area contributed by atoms with E-state index in [4.69, 9.17) is 4.74 Å². The highest BCUT2D eigenvalue weighted by molar-refractivity contribution is 9.10. The molecule has 0 unspecified atom stereocenters. The highest BCUT2D eigenvalue weighted by atomic mass is 79.9. The molecule has 2 aromatic carbocycles. The number of hydrogen-bond acceptors (Lipinski definition) is 5. The third-order valence-corrected chi connectivity index (χ3v) is 5.46. The Morgan fingerprint density at radius 2 is 1.93 bits per heavy atom. The Bertz CT molecular complexity index is 932. The zero-order valence-corrected chi connectivity index (χ0v) is 18.5. The van der Waals surface area contributed by atoms with Gasteiger partial charge in [-0.25, -0.2) is 4.98 Å². The first-order chi connectivity index (χ1) is 12.5. The number of fused-ring (bicyclic) bond motifs is 1. The summed E-state index contributed by atoms with van der Waals surface area (Å²) in [6.07, 6.45) is 0. The first kappa shape index (κ1) is 21.6. The lowest BCUT2D eigenvalue weighted by molar-refractivity contribution is 0.0982. The van der Waals surface area contributed by atoms with Gasteiger partial charge in [0.15, 0.2) is 5.13 Å². The maximum Gasteiger partial charge on any atom is 0.263 e. The predicted octanol–water partition coefficient (Wildman–Crippen LogP) is 4.70. The molecule has 0 bridgehead atoms. The number of carbonyl (C=O) groups excluding carboxylic acids is 1. The smallest absolute Gasteiger partial charge is 0.263 e. The molecule has 3 rings (SSSR count). The van der Waals surface area contributed by atoms with E-state index in [0.29, 0.717) is 23.0 Å². The van der Waals surface area contributed by atoms with Gasteiger partial charge in [-0.15, -0.1) is 12.4 Å². The van der Waals surface area contributed by atoms with Crippen LogP contribution in [0.2, 0.25) is 0 Å². The second-order valence-corrected chi connectivity index (χ2v) is 7.99. The van der Waals surface area contributed by atoms with Crippen LogP contribution < -0.4 is 9.64 Å². The van der Waals surface area contributed by atoms with Gasteiger partial charge in [0, 0.05) is 17.6 Å². The Labute approximate surface area is 177 Å². The molecule has 0 aliphatic heterocycles. The van der Waals surface area contributed by atoms with Crippen LogP contribution in [0.3, 0.4) is 0 Å². The summed E-state index contributed by atoms with van der Waals surface area (Å²) in [6.45, 7) is 1.28. The van der Waals surface area contributed by atoms with Crippen LogP contribution in [0.4, 0.5) is 5.13 Å². The van der Waals surface area contributed by atoms with E-state index in [1.54, 1.807) is 24.1 Å². The molecule has 0 atom stereocenters. The minimum atomic E-state index is -0.109. The number of benzene rings is 2. The van der Waals surface area contributed by atoms with E-state index in [1.807, 2.05) is 49.3 Å². The van der Waals surface area contributed by atoms with E-state index < -0.39 is 0 Å². The van der Waals surface area contributed by atoms with Crippen LogP contribution in [-0.2, 0) is 0 Å². The van der Waals surface area contributed by atoms with Crippen molar-refractivity contribution in [1.82, 2.24) is 9.88 Å². The Kier molecular flexibility index (Phi) is 7.61. The molecule has 0 saturated carbocycles. The van der Waals surface area contributed by atoms with Crippen molar-refractivity contribution in [2.75, 3.05) is 39.2 Å². The van der Waals surface area contributed by atoms with Crippen molar-refractivity contribution in [2.24, 2.45) is 0 Å². The number of rotatable bonds is 6. The third-order valence-electron chi connectivity index (χ3n) is 3.92. The monoisotopic (exact) mass is 469 g/mol. The summed E-state index contributed by atoms with van der Waals surface area (Å²) in [7, 11) is 5.55. The lowest BCUT2D eigenvalue weighted by Crippen LogP contribution is -2.36. The fourth-order valence-electron chi connectivity index (χ4n) is 2.55. The zero-order valence-electron chi connectivity index (χ0n) is 15.3. The number of hydrogen-bond donors (Lipinski definition) is 0. The van der Waals surface area contributed by atoms with Gasteiger partial charge in [0.1, 0.15) is 5.75 Å². The summed E-state index contributed by atoms with van der Waals surface area (Å²) in [4.78, 5) is 21.7. The highest BCUT2D eigenvalue weighted by Crippen LogP contribution is 2.32. The normalized spacial score (nSPS) is 10.7. The number of likely N-dealkylation sites (N-methyl/N-ethyl adjacent to an activating group) is 1. The molecule has 27 heavy (non-hydrogen) atoms. The Morgan fingerprint density at radius 3 is 2.63 bits per heavy atom. The van der Waals surface area contributed by atoms with Gasteiger partial charge in [0.25, 0.3) is 5.91 Å². The quantitative estimate of drug-likeness (QED) is 0.524. The summed E-state index contributed by atoms with van der Waals surface area (Å²) < 4.78 is 7.41. The summed E-state index contributed by atoms with van der Waals surface area (Å²) >= 11 is 5.00. The van der Waals surface area contributed by atoms with Crippen molar-refractivity contribution in [3.8, 4) is 5.75 Å². The number of anilines is 1. The average Bonchev–Trinajstić information content (AvgIpc) is 3.04. The molecule has 0 aliphatic rings. The van der Waals surface area contributed by atoms with E-state index in [1.165, 1.54) is 11.3 Å². The fraction of sp³-hybridized carbons (Fsp3) is 0.263. The number of para-hydroxylation sites is 1. The van der Waals surface area contributed by atoms with Crippen LogP contribution in [-0.4, -0.2) is 50.1 Å². The zero-order chi connectivity index (χ0) is 18.7. The topological polar surface area (TPSA) is 45.7 Å². The van der Waals surface area contributed by atoms with Gasteiger partial charge in [-0.3, -0.25) is 9.69 Å². The molecule has 144 valence electrons. The van der Waals surface area contributed by atoms with Gasteiger partial charge in [-0.05, 0) is 44.4 Å². The third kappa shape index (κ3) is 4.99. The van der Waals surface area contributed by atoms with Crippen LogP contribution in [0, 0.1) is 0 Å². The molecule has 0 N–H and O–H groups in total. The van der Waals surface area contributed by atoms with E-state index in [-0.39, 0.29) is 18.3 Å². The van der Waals surface area contributed by atoms with Crippen molar-refractivity contribution in [3.63, 3.8) is 0 Å². The molecular formula is C19H21BrClN3O2S. The molecule has 5 nitrogen and oxygen atoms in total. The predicted molar refractivity (Wildman–Crippen MR) is 118 cm³/mol. The molecule has 1 aromatic heterocycles. The average molecular weight is 471 g/mol. The maximum absolute atomic E-state index is 13.3. The summed E-state index contributed by atoms with van der Waals surface area (Å²) in [5, 5.41) is 0.691. The van der Waals surface area contributed by atoms with Crippen LogP contribution in [0.5, 0.6) is 5.75 Å². The first-order valence-corrected chi connectivity index (χ1v) is 9.76. The number of methoxy groups -OCH3 is 1. The number of amides is 1. The molecule has 1 amide bonds. The Hall–Kier alpha value is -1.67. The van der Waals surface area contributed by atoms with Crippen molar-refractivity contribution < 1.29 is 9.53 Å². The van der Waals surface area contributed by atoms with E-state index >= 15 is 0 Å². The second-order valence-electron chi connectivity index (χ2n) is 6.07. The molecule has 8 heteroatoms. The van der Waals surface area contributed by atoms with Crippen molar-refractivity contribution >= 4 is 60.9 Å². The molecule has 0 fully saturated rings. The van der Waals surface area contributed by atoms with Gasteiger partial charge in [-0.2, -0.15) is 0 Å². The minimum Gasteiger partial charge on any atom is -0.496 e. The van der Waals surface area contributed by atoms with Gasteiger partial charge in [-0.1, -0.05) is 39.4 Å². The molecule has 3 aromatic rings.